The molecule has 0 radical (unpaired) electrons. The van der Waals surface area contributed by atoms with E-state index in [4.69, 9.17) is 23.8 Å². The molecule has 0 aliphatic carbocycles. The molecular weight excluding hydrogens is 400 g/mol. The zero-order valence-corrected chi connectivity index (χ0v) is 19.5. The van der Waals surface area contributed by atoms with Crippen molar-refractivity contribution in [1.29, 1.82) is 0 Å². The average molecular weight is 431 g/mol. The van der Waals surface area contributed by atoms with Gasteiger partial charge in [-0.2, -0.15) is 0 Å². The number of nitrogens with one attached hydrogen (secondary N) is 2. The molecule has 2 aromatic rings. The van der Waals surface area contributed by atoms with Gasteiger partial charge in [0, 0.05) is 34.0 Å². The Labute approximate surface area is 185 Å². The predicted octanol–water partition coefficient (Wildman–Crippen LogP) is 5.55. The van der Waals surface area contributed by atoms with E-state index in [1.807, 2.05) is 43.5 Å². The second kappa shape index (κ2) is 8.58. The largest absolute Gasteiger partial charge is 0.340 e. The molecule has 1 aromatic carbocycles. The zero-order chi connectivity index (χ0) is 21.2. The summed E-state index contributed by atoms with van der Waals surface area (Å²) in [5, 5.41) is 8.67. The molecule has 1 aliphatic rings. The minimum absolute atomic E-state index is 0.0290. The van der Waals surface area contributed by atoms with Crippen molar-refractivity contribution < 1.29 is 0 Å². The van der Waals surface area contributed by atoms with Crippen LogP contribution in [0.1, 0.15) is 51.8 Å². The van der Waals surface area contributed by atoms with Gasteiger partial charge in [0.1, 0.15) is 0 Å². The third kappa shape index (κ3) is 5.91. The van der Waals surface area contributed by atoms with Crippen LogP contribution in [0.25, 0.3) is 0 Å². The molecule has 2 heterocycles. The first kappa shape index (κ1) is 22.0. The molecule has 1 aliphatic heterocycles. The Hall–Kier alpha value is -1.69. The molecule has 0 amide bonds. The van der Waals surface area contributed by atoms with E-state index in [1.165, 1.54) is 0 Å². The van der Waals surface area contributed by atoms with Crippen molar-refractivity contribution in [1.82, 2.24) is 15.2 Å². The van der Waals surface area contributed by atoms with Crippen LogP contribution < -0.4 is 10.6 Å². The van der Waals surface area contributed by atoms with Gasteiger partial charge in [-0.1, -0.05) is 17.7 Å². The number of piperidine rings is 1. The SMILES string of the molecule is Cc1cc(NC(=S)N(Cc2ccccn2)C2CC(C)(C)NC(C)(C)C2)ccc1Cl. The maximum atomic E-state index is 6.19. The van der Waals surface area contributed by atoms with Crippen LogP contribution in [0.2, 0.25) is 5.02 Å². The van der Waals surface area contributed by atoms with E-state index in [0.717, 1.165) is 39.9 Å². The van der Waals surface area contributed by atoms with Gasteiger partial charge < -0.3 is 15.5 Å². The molecule has 0 unspecified atom stereocenters. The van der Waals surface area contributed by atoms with Gasteiger partial charge >= 0.3 is 0 Å². The summed E-state index contributed by atoms with van der Waals surface area (Å²) in [4.78, 5) is 6.84. The lowest BCUT2D eigenvalue weighted by Gasteiger charge is -2.50. The first-order valence-corrected chi connectivity index (χ1v) is 10.9. The highest BCUT2D eigenvalue weighted by Crippen LogP contribution is 2.33. The quantitative estimate of drug-likeness (QED) is 0.622. The van der Waals surface area contributed by atoms with E-state index in [9.17, 15) is 0 Å². The highest BCUT2D eigenvalue weighted by molar-refractivity contribution is 7.80. The Kier molecular flexibility index (Phi) is 6.51. The number of aromatic nitrogens is 1. The van der Waals surface area contributed by atoms with E-state index >= 15 is 0 Å². The second-order valence-electron chi connectivity index (χ2n) is 9.30. The molecule has 1 fully saturated rings. The number of halogens is 1. The molecule has 3 rings (SSSR count). The number of benzene rings is 1. The Morgan fingerprint density at radius 1 is 1.21 bits per heavy atom. The van der Waals surface area contributed by atoms with E-state index in [1.54, 1.807) is 0 Å². The minimum Gasteiger partial charge on any atom is -0.340 e. The number of anilines is 1. The Morgan fingerprint density at radius 3 is 2.48 bits per heavy atom. The summed E-state index contributed by atoms with van der Waals surface area (Å²) < 4.78 is 0. The van der Waals surface area contributed by atoms with Gasteiger partial charge in [0.2, 0.25) is 0 Å². The third-order valence-electron chi connectivity index (χ3n) is 5.34. The normalized spacial score (nSPS) is 18.3. The van der Waals surface area contributed by atoms with Crippen LogP contribution in [0, 0.1) is 6.92 Å². The average Bonchev–Trinajstić information content (AvgIpc) is 2.61. The first-order valence-electron chi connectivity index (χ1n) is 10.1. The van der Waals surface area contributed by atoms with Gasteiger partial charge in [-0.25, -0.2) is 0 Å². The number of rotatable bonds is 4. The molecular formula is C23H31ClN4S. The maximum Gasteiger partial charge on any atom is 0.174 e. The smallest absolute Gasteiger partial charge is 0.174 e. The topological polar surface area (TPSA) is 40.2 Å². The number of hydrogen-bond donors (Lipinski definition) is 2. The molecule has 29 heavy (non-hydrogen) atoms. The molecule has 0 saturated carbocycles. The standard InChI is InChI=1S/C23H31ClN4S/c1-16-12-17(9-10-20(16)24)26-21(29)28(15-18-8-6-7-11-25-18)19-13-22(2,3)27-23(4,5)14-19/h6-12,19,27H,13-15H2,1-5H3,(H,26,29). The highest BCUT2D eigenvalue weighted by Gasteiger charge is 2.40. The summed E-state index contributed by atoms with van der Waals surface area (Å²) in [5.74, 6) is 0. The fourth-order valence-corrected chi connectivity index (χ4v) is 4.89. The molecule has 156 valence electrons. The van der Waals surface area contributed by atoms with Crippen LogP contribution in [0.4, 0.5) is 5.69 Å². The Morgan fingerprint density at radius 2 is 1.90 bits per heavy atom. The van der Waals surface area contributed by atoms with Crippen LogP contribution in [0.5, 0.6) is 0 Å². The number of hydrogen-bond acceptors (Lipinski definition) is 3. The molecule has 2 N–H and O–H groups in total. The van der Waals surface area contributed by atoms with Crippen molar-refractivity contribution in [2.45, 2.75) is 71.1 Å². The van der Waals surface area contributed by atoms with E-state index in [2.05, 4.69) is 54.3 Å². The third-order valence-corrected chi connectivity index (χ3v) is 6.10. The molecule has 4 nitrogen and oxygen atoms in total. The van der Waals surface area contributed by atoms with Crippen molar-refractivity contribution in [2.75, 3.05) is 5.32 Å². The van der Waals surface area contributed by atoms with Crippen molar-refractivity contribution in [3.63, 3.8) is 0 Å². The molecule has 6 heteroatoms. The number of aryl methyl sites for hydroxylation is 1. The summed E-state index contributed by atoms with van der Waals surface area (Å²) in [5.41, 5.74) is 3.05. The monoisotopic (exact) mass is 430 g/mol. The van der Waals surface area contributed by atoms with Crippen LogP contribution in [-0.4, -0.2) is 32.1 Å². The van der Waals surface area contributed by atoms with E-state index < -0.39 is 0 Å². The van der Waals surface area contributed by atoms with Crippen LogP contribution in [0.15, 0.2) is 42.6 Å². The summed E-state index contributed by atoms with van der Waals surface area (Å²) in [6.45, 7) is 11.7. The van der Waals surface area contributed by atoms with Crippen LogP contribution in [-0.2, 0) is 6.54 Å². The second-order valence-corrected chi connectivity index (χ2v) is 10.1. The molecule has 0 atom stereocenters. The van der Waals surface area contributed by atoms with Crippen LogP contribution >= 0.6 is 23.8 Å². The zero-order valence-electron chi connectivity index (χ0n) is 17.9. The maximum absolute atomic E-state index is 6.19. The van der Waals surface area contributed by atoms with Crippen molar-refractivity contribution in [3.05, 3.63) is 58.9 Å². The lowest BCUT2D eigenvalue weighted by Crippen LogP contribution is -2.63. The highest BCUT2D eigenvalue weighted by atomic mass is 35.5. The number of nitrogens with zero attached hydrogens (tertiary/aromatic N) is 2. The van der Waals surface area contributed by atoms with Gasteiger partial charge in [-0.05, 0) is 95.6 Å². The first-order chi connectivity index (χ1) is 13.5. The summed E-state index contributed by atoms with van der Waals surface area (Å²) in [6, 6.07) is 12.2. The number of pyridine rings is 1. The summed E-state index contributed by atoms with van der Waals surface area (Å²) in [6.07, 6.45) is 3.85. The summed E-state index contributed by atoms with van der Waals surface area (Å²) in [7, 11) is 0. The molecule has 0 bridgehead atoms. The van der Waals surface area contributed by atoms with Gasteiger partial charge in [-0.15, -0.1) is 0 Å². The molecule has 1 aromatic heterocycles. The van der Waals surface area contributed by atoms with Crippen molar-refractivity contribution in [3.8, 4) is 0 Å². The van der Waals surface area contributed by atoms with E-state index in [-0.39, 0.29) is 11.1 Å². The number of thiocarbonyl (C=S) groups is 1. The van der Waals surface area contributed by atoms with Crippen molar-refractivity contribution >= 4 is 34.6 Å². The Bertz CT molecular complexity index is 850. The van der Waals surface area contributed by atoms with Gasteiger partial charge in [0.25, 0.3) is 0 Å². The lowest BCUT2D eigenvalue weighted by molar-refractivity contribution is 0.101. The van der Waals surface area contributed by atoms with Gasteiger partial charge in [-0.3, -0.25) is 4.98 Å². The van der Waals surface area contributed by atoms with E-state index in [0.29, 0.717) is 12.6 Å². The minimum atomic E-state index is 0.0290. The Balaban J connectivity index is 1.87. The summed E-state index contributed by atoms with van der Waals surface area (Å²) >= 11 is 12.1. The predicted molar refractivity (Wildman–Crippen MR) is 127 cm³/mol. The molecule has 1 saturated heterocycles. The lowest BCUT2D eigenvalue weighted by atomic mass is 9.79. The fraction of sp³-hybridized carbons (Fsp3) is 0.478. The molecule has 0 spiro atoms. The van der Waals surface area contributed by atoms with Gasteiger partial charge in [0.15, 0.2) is 5.11 Å². The van der Waals surface area contributed by atoms with Crippen molar-refractivity contribution in [2.24, 2.45) is 0 Å². The van der Waals surface area contributed by atoms with Crippen LogP contribution in [0.3, 0.4) is 0 Å². The van der Waals surface area contributed by atoms with Gasteiger partial charge in [0.05, 0.1) is 12.2 Å². The fourth-order valence-electron chi connectivity index (χ4n) is 4.44.